The zero-order valence-corrected chi connectivity index (χ0v) is 10.9. The molecule has 0 radical (unpaired) electrons. The van der Waals surface area contributed by atoms with E-state index in [-0.39, 0.29) is 5.65 Å². The molecule has 1 aliphatic heterocycles. The fraction of sp³-hybridized carbons (Fsp3) is 0.417. The van der Waals surface area contributed by atoms with Crippen LogP contribution < -0.4 is 5.56 Å². The minimum absolute atomic E-state index is 0.195. The summed E-state index contributed by atoms with van der Waals surface area (Å²) in [6.07, 6.45) is -3.83. The number of aliphatic hydroxyl groups is 2. The molecule has 1 fully saturated rings. The number of hydrogen-bond acceptors (Lipinski definition) is 5. The quantitative estimate of drug-likeness (QED) is 0.660. The zero-order chi connectivity index (χ0) is 16.1. The lowest BCUT2D eigenvalue weighted by Crippen LogP contribution is -2.42. The van der Waals surface area contributed by atoms with E-state index in [0.717, 1.165) is 17.1 Å². The van der Waals surface area contributed by atoms with Gasteiger partial charge < -0.3 is 15.2 Å². The van der Waals surface area contributed by atoms with Gasteiger partial charge in [0.25, 0.3) is 5.56 Å². The van der Waals surface area contributed by atoms with Gasteiger partial charge in [-0.05, 0) is 0 Å². The number of ether oxygens (including phenoxy) is 1. The number of aromatic nitrogens is 3. The third-order valence-corrected chi connectivity index (χ3v) is 3.62. The maximum absolute atomic E-state index is 14.3. The number of halogens is 2. The van der Waals surface area contributed by atoms with Gasteiger partial charge in [0, 0.05) is 6.20 Å². The molecule has 1 saturated heterocycles. The molecular formula is C12H10F2N4O4. The second kappa shape index (κ2) is 4.84. The summed E-state index contributed by atoms with van der Waals surface area (Å²) < 4.78 is 34.2. The van der Waals surface area contributed by atoms with Crippen LogP contribution in [0.1, 0.15) is 6.23 Å². The van der Waals surface area contributed by atoms with Crippen LogP contribution in [0.15, 0.2) is 17.3 Å². The Morgan fingerprint density at radius 3 is 2.95 bits per heavy atom. The second-order valence-corrected chi connectivity index (χ2v) is 4.83. The highest BCUT2D eigenvalue weighted by Gasteiger charge is 2.62. The lowest BCUT2D eigenvalue weighted by atomic mass is 10.1. The maximum Gasteiger partial charge on any atom is 0.390 e. The standard InChI is InChI=1S/C12H10F2N4O4/c1-15-12(3-19)8(20)7(14)11(22-12)18-2-5(13)6-9(18)16-4-17-10(6)21/h2,4,7-8,11,19-20H,3H2,(H,16,17,21). The van der Waals surface area contributed by atoms with Crippen molar-refractivity contribution in [1.29, 1.82) is 0 Å². The van der Waals surface area contributed by atoms with Gasteiger partial charge in [-0.3, -0.25) is 18.9 Å². The molecule has 3 heterocycles. The predicted molar refractivity (Wildman–Crippen MR) is 67.8 cm³/mol. The van der Waals surface area contributed by atoms with Crippen molar-refractivity contribution in [3.8, 4) is 0 Å². The summed E-state index contributed by atoms with van der Waals surface area (Å²) in [6, 6.07) is 0. The normalized spacial score (nSPS) is 31.5. The average molecular weight is 312 g/mol. The van der Waals surface area contributed by atoms with E-state index < -0.39 is 47.6 Å². The van der Waals surface area contributed by atoms with E-state index in [1.807, 2.05) is 0 Å². The van der Waals surface area contributed by atoms with E-state index in [4.69, 9.17) is 11.3 Å². The molecule has 22 heavy (non-hydrogen) atoms. The molecule has 2 aromatic heterocycles. The molecule has 3 N–H and O–H groups in total. The highest BCUT2D eigenvalue weighted by Crippen LogP contribution is 2.41. The monoisotopic (exact) mass is 312 g/mol. The summed E-state index contributed by atoms with van der Waals surface area (Å²) >= 11 is 0. The second-order valence-electron chi connectivity index (χ2n) is 4.83. The first-order valence-electron chi connectivity index (χ1n) is 6.18. The SMILES string of the molecule is [C-]#[N+]C1(CO)OC(n2cc(F)c3c(=O)[nH]cnc32)C(F)C1O. The van der Waals surface area contributed by atoms with Crippen LogP contribution in [0.5, 0.6) is 0 Å². The molecule has 0 bridgehead atoms. The number of aromatic amines is 1. The van der Waals surface area contributed by atoms with E-state index >= 15 is 0 Å². The molecule has 4 atom stereocenters. The molecule has 0 saturated carbocycles. The lowest BCUT2D eigenvalue weighted by molar-refractivity contribution is -0.0979. The molecule has 1 aliphatic rings. The molecule has 0 aromatic carbocycles. The Morgan fingerprint density at radius 2 is 2.36 bits per heavy atom. The van der Waals surface area contributed by atoms with Crippen LogP contribution in [0.3, 0.4) is 0 Å². The molecule has 8 nitrogen and oxygen atoms in total. The average Bonchev–Trinajstić information content (AvgIpc) is 2.98. The Morgan fingerprint density at radius 1 is 1.64 bits per heavy atom. The zero-order valence-electron chi connectivity index (χ0n) is 10.9. The third kappa shape index (κ3) is 1.77. The van der Waals surface area contributed by atoms with Crippen LogP contribution >= 0.6 is 0 Å². The molecule has 2 aromatic rings. The molecular weight excluding hydrogens is 302 g/mol. The van der Waals surface area contributed by atoms with Crippen molar-refractivity contribution >= 4 is 11.0 Å². The fourth-order valence-corrected chi connectivity index (χ4v) is 2.46. The predicted octanol–water partition coefficient (Wildman–Crippen LogP) is -0.301. The van der Waals surface area contributed by atoms with Crippen molar-refractivity contribution in [3.63, 3.8) is 0 Å². The highest BCUT2D eigenvalue weighted by molar-refractivity contribution is 5.75. The summed E-state index contributed by atoms with van der Waals surface area (Å²) in [5.41, 5.74) is -3.13. The van der Waals surface area contributed by atoms with Crippen molar-refractivity contribution < 1.29 is 23.7 Å². The number of nitrogens with zero attached hydrogens (tertiary/aromatic N) is 3. The van der Waals surface area contributed by atoms with E-state index in [1.165, 1.54) is 0 Å². The van der Waals surface area contributed by atoms with E-state index in [0.29, 0.717) is 0 Å². The van der Waals surface area contributed by atoms with Crippen LogP contribution in [-0.4, -0.2) is 49.4 Å². The Bertz CT molecular complexity index is 829. The summed E-state index contributed by atoms with van der Waals surface area (Å²) in [5.74, 6) is -0.945. The first kappa shape index (κ1) is 14.6. The van der Waals surface area contributed by atoms with Gasteiger partial charge in [0.2, 0.25) is 0 Å². The summed E-state index contributed by atoms with van der Waals surface area (Å²) in [4.78, 5) is 20.5. The van der Waals surface area contributed by atoms with Gasteiger partial charge in [0.05, 0.1) is 6.33 Å². The molecule has 4 unspecified atom stereocenters. The lowest BCUT2D eigenvalue weighted by Gasteiger charge is -2.16. The summed E-state index contributed by atoms with van der Waals surface area (Å²) in [5, 5.41) is 18.6. The minimum Gasteiger partial charge on any atom is -0.385 e. The van der Waals surface area contributed by atoms with Gasteiger partial charge in [0.1, 0.15) is 5.39 Å². The van der Waals surface area contributed by atoms with Gasteiger partial charge in [0.15, 0.2) is 36.6 Å². The Kier molecular flexibility index (Phi) is 3.21. The summed E-state index contributed by atoms with van der Waals surface area (Å²) in [6.45, 7) is 6.04. The Balaban J connectivity index is 2.16. The number of alkyl halides is 1. The van der Waals surface area contributed by atoms with Crippen LogP contribution in [0.4, 0.5) is 8.78 Å². The molecule has 0 aliphatic carbocycles. The van der Waals surface area contributed by atoms with Gasteiger partial charge in [-0.2, -0.15) is 0 Å². The van der Waals surface area contributed by atoms with Gasteiger partial charge in [-0.1, -0.05) is 0 Å². The molecule has 0 amide bonds. The summed E-state index contributed by atoms with van der Waals surface area (Å²) in [7, 11) is 0. The van der Waals surface area contributed by atoms with E-state index in [2.05, 4.69) is 14.8 Å². The van der Waals surface area contributed by atoms with Gasteiger partial charge in [-0.15, -0.1) is 0 Å². The first-order valence-corrected chi connectivity index (χ1v) is 6.18. The largest absolute Gasteiger partial charge is 0.390 e. The van der Waals surface area contributed by atoms with Crippen molar-refractivity contribution in [1.82, 2.24) is 14.5 Å². The molecule has 3 rings (SSSR count). The third-order valence-electron chi connectivity index (χ3n) is 3.62. The topological polar surface area (TPSA) is 105 Å². The number of rotatable bonds is 2. The van der Waals surface area contributed by atoms with Crippen molar-refractivity contribution in [2.24, 2.45) is 0 Å². The number of fused-ring (bicyclic) bond motifs is 1. The first-order chi connectivity index (χ1) is 10.4. The van der Waals surface area contributed by atoms with Crippen LogP contribution in [0, 0.1) is 12.4 Å². The van der Waals surface area contributed by atoms with Crippen molar-refractivity contribution in [2.75, 3.05) is 6.61 Å². The van der Waals surface area contributed by atoms with E-state index in [1.54, 1.807) is 0 Å². The molecule has 116 valence electrons. The number of hydrogen-bond donors (Lipinski definition) is 3. The van der Waals surface area contributed by atoms with Crippen molar-refractivity contribution in [2.45, 2.75) is 24.2 Å². The molecule has 10 heteroatoms. The number of nitrogens with one attached hydrogen (secondary N) is 1. The molecule has 0 spiro atoms. The van der Waals surface area contributed by atoms with Crippen molar-refractivity contribution in [3.05, 3.63) is 40.1 Å². The minimum atomic E-state index is -2.18. The maximum atomic E-state index is 14.3. The smallest absolute Gasteiger partial charge is 0.385 e. The van der Waals surface area contributed by atoms with E-state index in [9.17, 15) is 23.8 Å². The highest BCUT2D eigenvalue weighted by atomic mass is 19.1. The van der Waals surface area contributed by atoms with Crippen LogP contribution in [0.25, 0.3) is 15.9 Å². The number of H-pyrrole nitrogens is 1. The van der Waals surface area contributed by atoms with Gasteiger partial charge >= 0.3 is 5.72 Å². The van der Waals surface area contributed by atoms with Crippen LogP contribution in [0.2, 0.25) is 0 Å². The Hall–Kier alpha value is -2.35. The van der Waals surface area contributed by atoms with Crippen LogP contribution in [-0.2, 0) is 4.74 Å². The number of aliphatic hydroxyl groups excluding tert-OH is 2. The van der Waals surface area contributed by atoms with Gasteiger partial charge in [-0.25, -0.2) is 20.3 Å². The Labute approximate surface area is 121 Å². The fourth-order valence-electron chi connectivity index (χ4n) is 2.46.